The van der Waals surface area contributed by atoms with Crippen molar-refractivity contribution in [3.63, 3.8) is 0 Å². The highest BCUT2D eigenvalue weighted by atomic mass is 35.5. The van der Waals surface area contributed by atoms with Crippen LogP contribution in [-0.4, -0.2) is 70.2 Å². The number of carbonyl (C=O) groups is 1. The number of aromatic nitrogens is 1. The van der Waals surface area contributed by atoms with Crippen molar-refractivity contribution in [1.82, 2.24) is 9.88 Å². The van der Waals surface area contributed by atoms with Crippen LogP contribution in [0.1, 0.15) is 64.3 Å². The molecule has 0 aliphatic carbocycles. The number of aryl methyl sites for hydroxylation is 1. The minimum atomic E-state index is -1.36. The van der Waals surface area contributed by atoms with E-state index in [0.717, 1.165) is 48.4 Å². The molecule has 2 aliphatic rings. The summed E-state index contributed by atoms with van der Waals surface area (Å²) in [6.07, 6.45) is 6.79. The van der Waals surface area contributed by atoms with Gasteiger partial charge in [-0.1, -0.05) is 37.6 Å². The number of aliphatic carboxylic acids is 1. The summed E-state index contributed by atoms with van der Waals surface area (Å²) >= 11 is 6.22. The summed E-state index contributed by atoms with van der Waals surface area (Å²) in [5.41, 5.74) is 1.69. The summed E-state index contributed by atoms with van der Waals surface area (Å²) in [5.74, 6) is -1.08. The predicted molar refractivity (Wildman–Crippen MR) is 160 cm³/mol. The van der Waals surface area contributed by atoms with Crippen molar-refractivity contribution >= 4 is 29.5 Å². The fraction of sp³-hybridized carbons (Fsp3) is 0.531. The Kier molecular flexibility index (Phi) is 9.20. The highest BCUT2D eigenvalue weighted by molar-refractivity contribution is 6.30. The Hall–Kier alpha value is -2.58. The molecule has 216 valence electrons. The lowest BCUT2D eigenvalue weighted by atomic mass is 9.79. The molecule has 40 heavy (non-hydrogen) atoms. The molecule has 1 fully saturated rings. The third kappa shape index (κ3) is 7.38. The fourth-order valence-electron chi connectivity index (χ4n) is 5.31. The van der Waals surface area contributed by atoms with Crippen LogP contribution in [0, 0.1) is 12.3 Å². The van der Waals surface area contributed by atoms with Gasteiger partial charge in [0.25, 0.3) is 0 Å². The van der Waals surface area contributed by atoms with Crippen LogP contribution in [-0.2, 0) is 20.7 Å². The summed E-state index contributed by atoms with van der Waals surface area (Å²) < 4.78 is 13.0. The van der Waals surface area contributed by atoms with Crippen molar-refractivity contribution in [2.75, 3.05) is 19.7 Å². The van der Waals surface area contributed by atoms with Gasteiger partial charge in [0.05, 0.1) is 23.9 Å². The molecule has 7 nitrogen and oxygen atoms in total. The zero-order valence-corrected chi connectivity index (χ0v) is 25.2. The fourth-order valence-corrected chi connectivity index (χ4v) is 5.52. The molecular weight excluding hydrogens is 526 g/mol. The molecule has 1 saturated heterocycles. The first-order chi connectivity index (χ1) is 18.8. The standard InChI is InChI=1S/C32H42ClN3O4/c1-22-10-11-24(20-34-22)26-19-27(36-15-13-31(5,6)14-16-36)32(21-35-26,28(29(37)38)40-30(2,3)4)39-17-12-23-8-7-9-25(33)18-23/h7-11,18-21,27-28H,12-17H2,1-6H3,(H,37,38). The highest BCUT2D eigenvalue weighted by Crippen LogP contribution is 2.39. The lowest BCUT2D eigenvalue weighted by molar-refractivity contribution is -0.195. The number of pyridine rings is 1. The summed E-state index contributed by atoms with van der Waals surface area (Å²) in [5, 5.41) is 11.2. The van der Waals surface area contributed by atoms with Gasteiger partial charge >= 0.3 is 5.97 Å². The van der Waals surface area contributed by atoms with E-state index in [4.69, 9.17) is 26.1 Å². The molecular formula is C32H42ClN3O4. The summed E-state index contributed by atoms with van der Waals surface area (Å²) in [4.78, 5) is 24.5. The molecule has 2 aliphatic heterocycles. The zero-order valence-electron chi connectivity index (χ0n) is 24.5. The molecule has 1 aromatic carbocycles. The van der Waals surface area contributed by atoms with E-state index in [1.54, 1.807) is 6.21 Å². The minimum absolute atomic E-state index is 0.219. The van der Waals surface area contributed by atoms with Crippen LogP contribution in [0.25, 0.3) is 5.70 Å². The number of rotatable bonds is 9. The van der Waals surface area contributed by atoms with Crippen LogP contribution in [0.3, 0.4) is 0 Å². The summed E-state index contributed by atoms with van der Waals surface area (Å²) in [6.45, 7) is 14.0. The molecule has 0 saturated carbocycles. The Morgan fingerprint density at radius 2 is 1.93 bits per heavy atom. The maximum absolute atomic E-state index is 12.9. The molecule has 0 radical (unpaired) electrons. The monoisotopic (exact) mass is 567 g/mol. The molecule has 1 aromatic heterocycles. The van der Waals surface area contributed by atoms with E-state index < -0.39 is 29.3 Å². The lowest BCUT2D eigenvalue weighted by Gasteiger charge is -2.50. The van der Waals surface area contributed by atoms with Gasteiger partial charge < -0.3 is 14.6 Å². The minimum Gasteiger partial charge on any atom is -0.479 e. The van der Waals surface area contributed by atoms with Gasteiger partial charge in [0.1, 0.15) is 0 Å². The van der Waals surface area contributed by atoms with Crippen LogP contribution in [0.15, 0.2) is 53.7 Å². The van der Waals surface area contributed by atoms with Crippen molar-refractivity contribution < 1.29 is 19.4 Å². The molecule has 0 amide bonds. The molecule has 4 rings (SSSR count). The molecule has 3 heterocycles. The first-order valence-corrected chi connectivity index (χ1v) is 14.4. The summed E-state index contributed by atoms with van der Waals surface area (Å²) in [7, 11) is 0. The quantitative estimate of drug-likeness (QED) is 0.387. The van der Waals surface area contributed by atoms with Crippen LogP contribution < -0.4 is 0 Å². The van der Waals surface area contributed by atoms with Crippen LogP contribution in [0.2, 0.25) is 5.02 Å². The number of piperidine rings is 1. The van der Waals surface area contributed by atoms with Gasteiger partial charge in [0.2, 0.25) is 0 Å². The van der Waals surface area contributed by atoms with Crippen molar-refractivity contribution in [3.05, 3.63) is 70.5 Å². The number of nitrogens with zero attached hydrogens (tertiary/aromatic N) is 3. The Morgan fingerprint density at radius 1 is 1.20 bits per heavy atom. The Morgan fingerprint density at radius 3 is 2.52 bits per heavy atom. The SMILES string of the molecule is Cc1ccc(C2=CC(N3CCC(C)(C)CC3)C(OCCc3cccc(Cl)c3)(C(OC(C)(C)C)C(=O)O)C=N2)cn1. The largest absolute Gasteiger partial charge is 0.479 e. The summed E-state index contributed by atoms with van der Waals surface area (Å²) in [6, 6.07) is 11.2. The van der Waals surface area contributed by atoms with E-state index in [2.05, 4.69) is 23.7 Å². The predicted octanol–water partition coefficient (Wildman–Crippen LogP) is 6.23. The smallest absolute Gasteiger partial charge is 0.336 e. The number of aliphatic imine (C=N–C) groups is 1. The van der Waals surface area contributed by atoms with E-state index >= 15 is 0 Å². The van der Waals surface area contributed by atoms with Gasteiger partial charge in [0.15, 0.2) is 11.7 Å². The van der Waals surface area contributed by atoms with Crippen LogP contribution >= 0.6 is 11.6 Å². The normalized spacial score (nSPS) is 24.0. The molecule has 1 N–H and O–H groups in total. The van der Waals surface area contributed by atoms with Gasteiger partial charge in [-0.25, -0.2) is 4.79 Å². The van der Waals surface area contributed by atoms with Gasteiger partial charge in [-0.2, -0.15) is 0 Å². The number of likely N-dealkylation sites (tertiary alicyclic amines) is 1. The zero-order chi connectivity index (χ0) is 29.1. The third-order valence-electron chi connectivity index (χ3n) is 7.67. The number of ether oxygens (including phenoxy) is 2. The Labute approximate surface area is 243 Å². The number of carboxylic acids is 1. The molecule has 0 spiro atoms. The van der Waals surface area contributed by atoms with Crippen LogP contribution in [0.4, 0.5) is 0 Å². The lowest BCUT2D eigenvalue weighted by Crippen LogP contribution is -2.66. The Balaban J connectivity index is 1.77. The average molecular weight is 568 g/mol. The van der Waals surface area contributed by atoms with Gasteiger partial charge in [-0.05, 0) is 101 Å². The molecule has 0 bridgehead atoms. The molecule has 8 heteroatoms. The van der Waals surface area contributed by atoms with Crippen molar-refractivity contribution in [1.29, 1.82) is 0 Å². The number of hydrogen-bond donors (Lipinski definition) is 1. The van der Waals surface area contributed by atoms with E-state index in [9.17, 15) is 9.90 Å². The second-order valence-electron chi connectivity index (χ2n) is 12.7. The molecule has 2 aromatic rings. The number of benzene rings is 1. The van der Waals surface area contributed by atoms with Gasteiger partial charge in [-0.15, -0.1) is 0 Å². The second-order valence-corrected chi connectivity index (χ2v) is 13.1. The number of hydrogen-bond acceptors (Lipinski definition) is 6. The Bertz CT molecular complexity index is 1240. The highest BCUT2D eigenvalue weighted by Gasteiger charge is 2.54. The third-order valence-corrected chi connectivity index (χ3v) is 7.91. The number of halogens is 1. The van der Waals surface area contributed by atoms with Gasteiger partial charge in [0, 0.05) is 28.7 Å². The maximum atomic E-state index is 12.9. The van der Waals surface area contributed by atoms with E-state index in [1.165, 1.54) is 0 Å². The number of carboxylic acid groups (broad SMARTS) is 1. The van der Waals surface area contributed by atoms with E-state index in [-0.39, 0.29) is 12.0 Å². The van der Waals surface area contributed by atoms with Crippen molar-refractivity contribution in [2.24, 2.45) is 10.4 Å². The van der Waals surface area contributed by atoms with E-state index in [1.807, 2.05) is 76.4 Å². The van der Waals surface area contributed by atoms with Crippen molar-refractivity contribution in [3.8, 4) is 0 Å². The van der Waals surface area contributed by atoms with E-state index in [0.29, 0.717) is 11.4 Å². The average Bonchev–Trinajstić information content (AvgIpc) is 2.87. The molecule has 3 unspecified atom stereocenters. The topological polar surface area (TPSA) is 84.2 Å². The van der Waals surface area contributed by atoms with Crippen LogP contribution in [0.5, 0.6) is 0 Å². The first-order valence-electron chi connectivity index (χ1n) is 14.0. The second kappa shape index (κ2) is 12.1. The van der Waals surface area contributed by atoms with Crippen molar-refractivity contribution in [2.45, 2.75) is 84.2 Å². The molecule has 3 atom stereocenters. The first kappa shape index (κ1) is 30.4. The van der Waals surface area contributed by atoms with Gasteiger partial charge in [-0.3, -0.25) is 14.9 Å². The maximum Gasteiger partial charge on any atom is 0.336 e.